The lowest BCUT2D eigenvalue weighted by molar-refractivity contribution is -0.140. The van der Waals surface area contributed by atoms with Gasteiger partial charge in [-0.25, -0.2) is 0 Å². The Kier molecular flexibility index (Phi) is 6.56. The molecule has 1 saturated heterocycles. The summed E-state index contributed by atoms with van der Waals surface area (Å²) >= 11 is 6.17. The highest BCUT2D eigenvalue weighted by Gasteiger charge is 2.35. The Hall–Kier alpha value is -2.86. The normalized spacial score (nSPS) is 17.2. The lowest BCUT2D eigenvalue weighted by atomic mass is 10.0. The van der Waals surface area contributed by atoms with Gasteiger partial charge in [-0.2, -0.15) is 0 Å². The largest absolute Gasteiger partial charge is 0.345 e. The summed E-state index contributed by atoms with van der Waals surface area (Å²) in [5.41, 5.74) is 1.24. The van der Waals surface area contributed by atoms with Crippen LogP contribution in [0.1, 0.15) is 41.2 Å². The van der Waals surface area contributed by atoms with E-state index < -0.39 is 6.04 Å². The highest BCUT2D eigenvalue weighted by Crippen LogP contribution is 2.31. The minimum Gasteiger partial charge on any atom is -0.345 e. The fraction of sp³-hybridized carbons (Fsp3) is 0.375. The van der Waals surface area contributed by atoms with Crippen LogP contribution in [0.15, 0.2) is 54.6 Å². The Labute approximate surface area is 187 Å². The highest BCUT2D eigenvalue weighted by molar-refractivity contribution is 6.33. The summed E-state index contributed by atoms with van der Waals surface area (Å²) in [6, 6.07) is 15.9. The van der Waals surface area contributed by atoms with Gasteiger partial charge in [-0.05, 0) is 30.5 Å². The first kappa shape index (κ1) is 21.4. The van der Waals surface area contributed by atoms with Crippen molar-refractivity contribution in [3.8, 4) is 0 Å². The van der Waals surface area contributed by atoms with E-state index in [1.807, 2.05) is 35.2 Å². The monoisotopic (exact) mass is 439 g/mol. The fourth-order valence-corrected chi connectivity index (χ4v) is 4.11. The Balaban J connectivity index is 1.41. The number of benzene rings is 2. The first-order valence-corrected chi connectivity index (χ1v) is 11.1. The third-order valence-corrected chi connectivity index (χ3v) is 6.20. The molecule has 1 N–H and O–H groups in total. The molecule has 1 atom stereocenters. The third kappa shape index (κ3) is 5.25. The molecule has 31 heavy (non-hydrogen) atoms. The predicted molar refractivity (Wildman–Crippen MR) is 119 cm³/mol. The van der Waals surface area contributed by atoms with Crippen LogP contribution < -0.4 is 5.32 Å². The lowest BCUT2D eigenvalue weighted by Crippen LogP contribution is -2.51. The SMILES string of the molecule is O=C(N[C@H](CC(=O)N1CCN(C(=O)C2CC2)CC1)c1ccccc1)c1ccccc1Cl. The molecule has 2 aliphatic rings. The van der Waals surface area contributed by atoms with E-state index in [1.54, 1.807) is 29.2 Å². The van der Waals surface area contributed by atoms with Crippen molar-refractivity contribution in [2.75, 3.05) is 26.2 Å². The number of carbonyl (C=O) groups is 3. The third-order valence-electron chi connectivity index (χ3n) is 5.88. The molecule has 1 aliphatic heterocycles. The molecule has 7 heteroatoms. The molecule has 6 nitrogen and oxygen atoms in total. The fourth-order valence-electron chi connectivity index (χ4n) is 3.89. The van der Waals surface area contributed by atoms with Crippen LogP contribution in [-0.4, -0.2) is 53.7 Å². The highest BCUT2D eigenvalue weighted by atomic mass is 35.5. The maximum atomic E-state index is 13.0. The van der Waals surface area contributed by atoms with Gasteiger partial charge in [0.15, 0.2) is 0 Å². The van der Waals surface area contributed by atoms with Crippen molar-refractivity contribution in [2.24, 2.45) is 5.92 Å². The van der Waals surface area contributed by atoms with Crippen LogP contribution in [-0.2, 0) is 9.59 Å². The molecule has 0 radical (unpaired) electrons. The zero-order valence-electron chi connectivity index (χ0n) is 17.3. The number of piperazine rings is 1. The molecule has 3 amide bonds. The molecule has 1 aliphatic carbocycles. The summed E-state index contributed by atoms with van der Waals surface area (Å²) in [6.07, 6.45) is 2.13. The van der Waals surface area contributed by atoms with Crippen molar-refractivity contribution in [3.05, 3.63) is 70.7 Å². The van der Waals surface area contributed by atoms with E-state index in [4.69, 9.17) is 11.6 Å². The van der Waals surface area contributed by atoms with Crippen molar-refractivity contribution >= 4 is 29.3 Å². The number of carbonyl (C=O) groups excluding carboxylic acids is 3. The van der Waals surface area contributed by atoms with Crippen LogP contribution in [0.2, 0.25) is 5.02 Å². The Morgan fingerprint density at radius 3 is 2.16 bits per heavy atom. The molecule has 0 spiro atoms. The molecular formula is C24H26ClN3O3. The number of amides is 3. The van der Waals surface area contributed by atoms with Crippen LogP contribution in [0.3, 0.4) is 0 Å². The molecule has 0 aromatic heterocycles. The molecule has 1 heterocycles. The minimum atomic E-state index is -0.469. The zero-order chi connectivity index (χ0) is 21.8. The zero-order valence-corrected chi connectivity index (χ0v) is 18.1. The standard InChI is InChI=1S/C24H26ClN3O3/c25-20-9-5-4-8-19(20)23(30)26-21(17-6-2-1-3-7-17)16-22(29)27-12-14-28(15-13-27)24(31)18-10-11-18/h1-9,18,21H,10-16H2,(H,26,30)/t21-/m1/s1. The van der Waals surface area contributed by atoms with Crippen LogP contribution in [0.5, 0.6) is 0 Å². The van der Waals surface area contributed by atoms with E-state index in [2.05, 4.69) is 5.32 Å². The van der Waals surface area contributed by atoms with Gasteiger partial charge in [0.1, 0.15) is 0 Å². The van der Waals surface area contributed by atoms with Crippen LogP contribution >= 0.6 is 11.6 Å². The molecule has 0 unspecified atom stereocenters. The van der Waals surface area contributed by atoms with Gasteiger partial charge in [0.05, 0.1) is 23.0 Å². The van der Waals surface area contributed by atoms with E-state index in [0.29, 0.717) is 36.8 Å². The molecule has 2 fully saturated rings. The number of hydrogen-bond acceptors (Lipinski definition) is 3. The van der Waals surface area contributed by atoms with Gasteiger partial charge >= 0.3 is 0 Å². The van der Waals surface area contributed by atoms with Gasteiger partial charge in [0, 0.05) is 32.1 Å². The number of halogens is 1. The quantitative estimate of drug-likeness (QED) is 0.750. The average molecular weight is 440 g/mol. The van der Waals surface area contributed by atoms with E-state index in [-0.39, 0.29) is 30.1 Å². The Morgan fingerprint density at radius 2 is 1.52 bits per heavy atom. The van der Waals surface area contributed by atoms with Gasteiger partial charge in [-0.15, -0.1) is 0 Å². The summed E-state index contributed by atoms with van der Waals surface area (Å²) in [6.45, 7) is 2.20. The van der Waals surface area contributed by atoms with Crippen LogP contribution in [0, 0.1) is 5.92 Å². The maximum absolute atomic E-state index is 13.0. The summed E-state index contributed by atoms with van der Waals surface area (Å²) in [4.78, 5) is 41.8. The molecule has 0 bridgehead atoms. The van der Waals surface area contributed by atoms with Crippen molar-refractivity contribution in [1.82, 2.24) is 15.1 Å². The molecular weight excluding hydrogens is 414 g/mol. The Bertz CT molecular complexity index is 954. The first-order valence-electron chi connectivity index (χ1n) is 10.7. The van der Waals surface area contributed by atoms with Gasteiger partial charge in [-0.3, -0.25) is 14.4 Å². The number of nitrogens with one attached hydrogen (secondary N) is 1. The Morgan fingerprint density at radius 1 is 0.903 bits per heavy atom. The van der Waals surface area contributed by atoms with E-state index in [0.717, 1.165) is 18.4 Å². The van der Waals surface area contributed by atoms with Crippen molar-refractivity contribution in [1.29, 1.82) is 0 Å². The summed E-state index contributed by atoms with van der Waals surface area (Å²) in [7, 11) is 0. The van der Waals surface area contributed by atoms with Gasteiger partial charge in [0.2, 0.25) is 11.8 Å². The van der Waals surface area contributed by atoms with Crippen molar-refractivity contribution < 1.29 is 14.4 Å². The van der Waals surface area contributed by atoms with E-state index in [9.17, 15) is 14.4 Å². The predicted octanol–water partition coefficient (Wildman–Crippen LogP) is 3.28. The summed E-state index contributed by atoms with van der Waals surface area (Å²) in [5, 5.41) is 3.35. The lowest BCUT2D eigenvalue weighted by Gasteiger charge is -2.35. The van der Waals surface area contributed by atoms with E-state index in [1.165, 1.54) is 0 Å². The second kappa shape index (κ2) is 9.52. The van der Waals surface area contributed by atoms with E-state index >= 15 is 0 Å². The van der Waals surface area contributed by atoms with Gasteiger partial charge < -0.3 is 15.1 Å². The minimum absolute atomic E-state index is 0.0353. The van der Waals surface area contributed by atoms with Crippen LogP contribution in [0.4, 0.5) is 0 Å². The maximum Gasteiger partial charge on any atom is 0.253 e. The molecule has 2 aromatic carbocycles. The number of nitrogens with zero attached hydrogens (tertiary/aromatic N) is 2. The topological polar surface area (TPSA) is 69.7 Å². The molecule has 1 saturated carbocycles. The van der Waals surface area contributed by atoms with Crippen molar-refractivity contribution in [3.63, 3.8) is 0 Å². The summed E-state index contributed by atoms with van der Waals surface area (Å²) < 4.78 is 0. The van der Waals surface area contributed by atoms with Gasteiger partial charge in [-0.1, -0.05) is 54.1 Å². The smallest absolute Gasteiger partial charge is 0.253 e. The average Bonchev–Trinajstić information content (AvgIpc) is 3.64. The first-order chi connectivity index (χ1) is 15.0. The molecule has 2 aromatic rings. The van der Waals surface area contributed by atoms with Gasteiger partial charge in [0.25, 0.3) is 5.91 Å². The number of hydrogen-bond donors (Lipinski definition) is 1. The van der Waals surface area contributed by atoms with Crippen LogP contribution in [0.25, 0.3) is 0 Å². The molecule has 4 rings (SSSR count). The summed E-state index contributed by atoms with van der Waals surface area (Å²) in [5.74, 6) is 0.0740. The molecule has 162 valence electrons. The second-order valence-corrected chi connectivity index (χ2v) is 8.51. The number of rotatable bonds is 6. The van der Waals surface area contributed by atoms with Crippen molar-refractivity contribution in [2.45, 2.75) is 25.3 Å². The second-order valence-electron chi connectivity index (χ2n) is 8.10.